The van der Waals surface area contributed by atoms with Crippen molar-refractivity contribution in [3.05, 3.63) is 39.9 Å². The Hall–Kier alpha value is -3.48. The van der Waals surface area contributed by atoms with Gasteiger partial charge in [-0.05, 0) is 30.5 Å². The van der Waals surface area contributed by atoms with E-state index < -0.39 is 39.5 Å². The molecule has 1 aromatic rings. The van der Waals surface area contributed by atoms with Crippen LogP contribution in [0.2, 0.25) is 0 Å². The first-order valence-electron chi connectivity index (χ1n) is 8.85. The van der Waals surface area contributed by atoms with E-state index in [4.69, 9.17) is 14.9 Å². The molecule has 2 saturated heterocycles. The summed E-state index contributed by atoms with van der Waals surface area (Å²) in [6.45, 7) is 0. The zero-order chi connectivity index (χ0) is 20.2. The predicted molar refractivity (Wildman–Crippen MR) is 92.1 cm³/mol. The van der Waals surface area contributed by atoms with E-state index in [-0.39, 0.29) is 5.69 Å². The Morgan fingerprint density at radius 3 is 2.39 bits per heavy atom. The van der Waals surface area contributed by atoms with E-state index in [1.165, 1.54) is 24.3 Å². The lowest BCUT2D eigenvalue weighted by Crippen LogP contribution is -2.60. The number of hydrogen-bond donors (Lipinski definition) is 1. The molecule has 28 heavy (non-hydrogen) atoms. The highest BCUT2D eigenvalue weighted by molar-refractivity contribution is 5.89. The molecule has 3 aliphatic rings. The van der Waals surface area contributed by atoms with Crippen LogP contribution in [0.3, 0.4) is 0 Å². The van der Waals surface area contributed by atoms with Crippen LogP contribution < -0.4 is 0 Å². The summed E-state index contributed by atoms with van der Waals surface area (Å²) < 4.78 is 12.0. The molecule has 0 spiro atoms. The number of nitrogens with one attached hydrogen (secondary N) is 1. The van der Waals surface area contributed by atoms with Crippen molar-refractivity contribution in [2.24, 2.45) is 16.7 Å². The minimum absolute atomic E-state index is 0.144. The van der Waals surface area contributed by atoms with Gasteiger partial charge in [0, 0.05) is 18.6 Å². The Morgan fingerprint density at radius 1 is 1.14 bits per heavy atom. The summed E-state index contributed by atoms with van der Waals surface area (Å²) in [5.74, 6) is -2.25. The lowest BCUT2D eigenvalue weighted by atomic mass is 9.51. The fraction of sp³-hybridized carbons (Fsp3) is 0.474. The second-order valence-corrected chi connectivity index (χ2v) is 7.34. The van der Waals surface area contributed by atoms with Crippen LogP contribution in [0.15, 0.2) is 24.3 Å². The van der Waals surface area contributed by atoms with E-state index in [2.05, 4.69) is 6.07 Å². The second-order valence-electron chi connectivity index (χ2n) is 7.34. The predicted octanol–water partition coefficient (Wildman–Crippen LogP) is 3.10. The Labute approximate surface area is 160 Å². The molecule has 3 fully saturated rings. The van der Waals surface area contributed by atoms with Gasteiger partial charge in [0.25, 0.3) is 5.69 Å². The highest BCUT2D eigenvalue weighted by Gasteiger charge is 2.80. The largest absolute Gasteiger partial charge is 0.447 e. The molecule has 4 atom stereocenters. The quantitative estimate of drug-likeness (QED) is 0.612. The van der Waals surface area contributed by atoms with E-state index >= 15 is 0 Å². The van der Waals surface area contributed by atoms with Gasteiger partial charge < -0.3 is 9.47 Å². The summed E-state index contributed by atoms with van der Waals surface area (Å²) in [6.07, 6.45) is 1.32. The molecule has 1 saturated carbocycles. The Kier molecular flexibility index (Phi) is 3.68. The molecule has 0 radical (unpaired) electrons. The van der Waals surface area contributed by atoms with Gasteiger partial charge in [-0.15, -0.1) is 0 Å². The maximum Gasteiger partial charge on any atom is 0.269 e. The number of nitrogens with zero attached hydrogens (tertiary/aromatic N) is 4. The summed E-state index contributed by atoms with van der Waals surface area (Å²) in [5, 5.41) is 49.6. The molecule has 9 heteroatoms. The summed E-state index contributed by atoms with van der Waals surface area (Å²) in [7, 11) is 0. The molecular weight excluding hydrogens is 362 g/mol. The average molecular weight is 377 g/mol. The van der Waals surface area contributed by atoms with Gasteiger partial charge in [-0.1, -0.05) is 6.42 Å². The number of rotatable bonds is 2. The van der Waals surface area contributed by atoms with Crippen LogP contribution in [0.4, 0.5) is 5.69 Å². The zero-order valence-electron chi connectivity index (χ0n) is 14.7. The molecule has 4 unspecified atom stereocenters. The molecule has 140 valence electrons. The van der Waals surface area contributed by atoms with Crippen LogP contribution in [0.5, 0.6) is 0 Å². The van der Waals surface area contributed by atoms with E-state index in [1.807, 2.05) is 12.1 Å². The molecule has 4 rings (SSSR count). The van der Waals surface area contributed by atoms with E-state index in [1.54, 1.807) is 0 Å². The summed E-state index contributed by atoms with van der Waals surface area (Å²) in [5.41, 5.74) is -3.57. The van der Waals surface area contributed by atoms with Crippen molar-refractivity contribution in [2.75, 3.05) is 0 Å². The van der Waals surface area contributed by atoms with Crippen molar-refractivity contribution in [1.29, 1.82) is 21.2 Å². The van der Waals surface area contributed by atoms with Crippen LogP contribution in [-0.2, 0) is 9.47 Å². The van der Waals surface area contributed by atoms with Crippen LogP contribution in [0.25, 0.3) is 0 Å². The summed E-state index contributed by atoms with van der Waals surface area (Å²) in [4.78, 5) is 10.4. The highest BCUT2D eigenvalue weighted by atomic mass is 16.7. The monoisotopic (exact) mass is 377 g/mol. The Bertz CT molecular complexity index is 987. The lowest BCUT2D eigenvalue weighted by molar-refractivity contribution is -0.384. The third-order valence-corrected chi connectivity index (χ3v) is 6.22. The number of hydrogen-bond acceptors (Lipinski definition) is 8. The third kappa shape index (κ3) is 1.88. The van der Waals surface area contributed by atoms with Gasteiger partial charge >= 0.3 is 0 Å². The smallest absolute Gasteiger partial charge is 0.269 e. The lowest BCUT2D eigenvalue weighted by Gasteiger charge is -2.51. The molecule has 2 heterocycles. The Balaban J connectivity index is 1.94. The first-order chi connectivity index (χ1) is 13.4. The van der Waals surface area contributed by atoms with Gasteiger partial charge in [-0.2, -0.15) is 15.8 Å². The molecule has 1 aromatic carbocycles. The number of ether oxygens (including phenoxy) is 2. The summed E-state index contributed by atoms with van der Waals surface area (Å²) in [6, 6.07) is 11.4. The maximum atomic E-state index is 10.9. The fourth-order valence-corrected chi connectivity index (χ4v) is 4.93. The molecule has 2 aliphatic heterocycles. The van der Waals surface area contributed by atoms with Gasteiger partial charge in [0.2, 0.25) is 17.1 Å². The van der Waals surface area contributed by atoms with Gasteiger partial charge in [0.1, 0.15) is 6.10 Å². The summed E-state index contributed by atoms with van der Waals surface area (Å²) >= 11 is 0. The molecule has 1 N–H and O–H groups in total. The van der Waals surface area contributed by atoms with Crippen molar-refractivity contribution >= 4 is 11.6 Å². The van der Waals surface area contributed by atoms with E-state index in [0.717, 1.165) is 12.8 Å². The molecule has 9 nitrogen and oxygen atoms in total. The van der Waals surface area contributed by atoms with Crippen molar-refractivity contribution in [3.63, 3.8) is 0 Å². The zero-order valence-corrected chi connectivity index (χ0v) is 14.7. The van der Waals surface area contributed by atoms with Crippen molar-refractivity contribution in [3.8, 4) is 18.2 Å². The van der Waals surface area contributed by atoms with Gasteiger partial charge in [-0.25, -0.2) is 0 Å². The number of nitro groups is 1. The average Bonchev–Trinajstić information content (AvgIpc) is 2.92. The SMILES string of the molecule is N#CC1(C#N)C(c2ccc([N+](=O)[O-])cc2)OC23CCCCC2C1(C#N)C(=N)O3. The molecule has 0 aromatic heterocycles. The minimum Gasteiger partial charge on any atom is -0.447 e. The first-order valence-corrected chi connectivity index (χ1v) is 8.85. The number of non-ortho nitro benzene ring substituents is 1. The van der Waals surface area contributed by atoms with Gasteiger partial charge in [0.15, 0.2) is 5.41 Å². The van der Waals surface area contributed by atoms with Crippen molar-refractivity contribution < 1.29 is 14.4 Å². The second kappa shape index (κ2) is 5.76. The third-order valence-electron chi connectivity index (χ3n) is 6.22. The van der Waals surface area contributed by atoms with Gasteiger partial charge in [-0.3, -0.25) is 15.5 Å². The topological polar surface area (TPSA) is 157 Å². The normalized spacial score (nSPS) is 34.8. The molecule has 2 bridgehead atoms. The number of nitro benzene ring substituents is 1. The molecule has 0 amide bonds. The van der Waals surface area contributed by atoms with E-state index in [0.29, 0.717) is 18.4 Å². The van der Waals surface area contributed by atoms with Crippen LogP contribution in [-0.4, -0.2) is 16.6 Å². The van der Waals surface area contributed by atoms with Crippen LogP contribution in [0, 0.1) is 66.3 Å². The first kappa shape index (κ1) is 17.9. The van der Waals surface area contributed by atoms with Crippen LogP contribution >= 0.6 is 0 Å². The van der Waals surface area contributed by atoms with Crippen molar-refractivity contribution in [1.82, 2.24) is 0 Å². The van der Waals surface area contributed by atoms with Crippen molar-refractivity contribution in [2.45, 2.75) is 37.6 Å². The Morgan fingerprint density at radius 2 is 1.82 bits per heavy atom. The maximum absolute atomic E-state index is 10.9. The number of benzene rings is 1. The molecule has 1 aliphatic carbocycles. The standard InChI is InChI=1S/C19H15N5O4/c20-9-17(10-21)15(12-4-6-13(7-5-12)24(25)26)27-19-8-2-1-3-14(19)18(17,11-22)16(23)28-19/h4-7,14-15,23H,1-3,8H2. The fourth-order valence-electron chi connectivity index (χ4n) is 4.93. The minimum atomic E-state index is -2.02. The number of nitriles is 3. The molecular formula is C19H15N5O4. The highest BCUT2D eigenvalue weighted by Crippen LogP contribution is 2.69. The van der Waals surface area contributed by atoms with E-state index in [9.17, 15) is 25.9 Å². The van der Waals surface area contributed by atoms with Crippen LogP contribution in [0.1, 0.15) is 37.4 Å². The van der Waals surface area contributed by atoms with Gasteiger partial charge in [0.05, 0.1) is 29.0 Å².